The molecule has 0 fully saturated rings. The molecule has 0 saturated carbocycles. The van der Waals surface area contributed by atoms with Crippen molar-refractivity contribution in [1.29, 1.82) is 0 Å². The van der Waals surface area contributed by atoms with Crippen LogP contribution in [0, 0.1) is 0 Å². The monoisotopic (exact) mass is 495 g/mol. The summed E-state index contributed by atoms with van der Waals surface area (Å²) >= 11 is 0. The Morgan fingerprint density at radius 2 is 1.39 bits per heavy atom. The van der Waals surface area contributed by atoms with E-state index in [0.717, 1.165) is 11.1 Å². The summed E-state index contributed by atoms with van der Waals surface area (Å²) in [5, 5.41) is 12.2. The van der Waals surface area contributed by atoms with E-state index in [1.807, 2.05) is 60.7 Å². The average Bonchev–Trinajstić information content (AvgIpc) is 3.29. The second-order valence-electron chi connectivity index (χ2n) is 8.41. The minimum atomic E-state index is -3.17. The number of ether oxygens (including phenoxy) is 1. The van der Waals surface area contributed by atoms with Gasteiger partial charge >= 0.3 is 5.97 Å². The third-order valence-corrected chi connectivity index (χ3v) is 8.25. The summed E-state index contributed by atoms with van der Waals surface area (Å²) in [6.45, 7) is 0. The maximum Gasteiger partial charge on any atom is 0.340 e. The third kappa shape index (κ3) is 4.00. The first-order valence-corrected chi connectivity index (χ1v) is 13.1. The third-order valence-electron chi connectivity index (χ3n) is 6.26. The second-order valence-corrected chi connectivity index (χ2v) is 10.5. The fraction of sp³-hybridized carbons (Fsp3) is 0.0667. The predicted molar refractivity (Wildman–Crippen MR) is 145 cm³/mol. The molecule has 1 heterocycles. The number of esters is 1. The lowest BCUT2D eigenvalue weighted by Crippen LogP contribution is -2.20. The molecular formula is C30H25NO4S. The van der Waals surface area contributed by atoms with E-state index in [1.165, 1.54) is 11.1 Å². The summed E-state index contributed by atoms with van der Waals surface area (Å²) in [5.74, 6) is 3.46. The fourth-order valence-corrected chi connectivity index (χ4v) is 6.28. The molecule has 0 aliphatic rings. The number of aliphatic hydroxyl groups is 1. The molecule has 0 spiro atoms. The van der Waals surface area contributed by atoms with Gasteiger partial charge in [0.2, 0.25) is 0 Å². The first-order valence-electron chi connectivity index (χ1n) is 11.4. The molecule has 0 amide bonds. The number of aliphatic hydroxyl groups excluding tert-OH is 1. The second kappa shape index (κ2) is 9.49. The highest BCUT2D eigenvalue weighted by Crippen LogP contribution is 2.37. The molecule has 1 aromatic heterocycles. The molecule has 2 atom stereocenters. The van der Waals surface area contributed by atoms with Crippen LogP contribution in [0.3, 0.4) is 0 Å². The molecule has 2 unspecified atom stereocenters. The van der Waals surface area contributed by atoms with E-state index in [4.69, 9.17) is 4.74 Å². The van der Waals surface area contributed by atoms with Crippen LogP contribution in [0.5, 0.6) is 0 Å². The van der Waals surface area contributed by atoms with Crippen LogP contribution in [-0.4, -0.2) is 32.2 Å². The van der Waals surface area contributed by atoms with Gasteiger partial charge in [-0.2, -0.15) is 0 Å². The van der Waals surface area contributed by atoms with E-state index in [0.29, 0.717) is 21.4 Å². The average molecular weight is 496 g/mol. The molecule has 0 radical (unpaired) electrons. The number of rotatable bonds is 6. The first kappa shape index (κ1) is 23.6. The largest absolute Gasteiger partial charge is 0.465 e. The van der Waals surface area contributed by atoms with Gasteiger partial charge in [-0.15, -0.1) is 0 Å². The lowest BCUT2D eigenvalue weighted by molar-refractivity contribution is 0.0597. The molecule has 5 aromatic rings. The molecule has 0 aliphatic heterocycles. The highest BCUT2D eigenvalue weighted by atomic mass is 32.2. The van der Waals surface area contributed by atoms with Gasteiger partial charge in [-0.25, -0.2) is 9.00 Å². The van der Waals surface area contributed by atoms with E-state index in [-0.39, 0.29) is 11.3 Å². The molecule has 4 aromatic carbocycles. The van der Waals surface area contributed by atoms with Crippen molar-refractivity contribution in [2.75, 3.05) is 7.11 Å². The van der Waals surface area contributed by atoms with Crippen molar-refractivity contribution >= 4 is 32.5 Å². The van der Waals surface area contributed by atoms with Crippen LogP contribution in [0.15, 0.2) is 114 Å². The van der Waals surface area contributed by atoms with Crippen molar-refractivity contribution in [1.82, 2.24) is 3.97 Å². The van der Waals surface area contributed by atoms with Gasteiger partial charge in [-0.05, 0) is 40.8 Å². The number of carbonyl (C=O) groups is 1. The number of aromatic nitrogens is 1. The normalized spacial score (nSPS) is 13.7. The summed E-state index contributed by atoms with van der Waals surface area (Å²) < 4.78 is 20.9. The molecule has 1 N–H and O–H groups in total. The molecule has 180 valence electrons. The Labute approximate surface area is 210 Å². The van der Waals surface area contributed by atoms with Gasteiger partial charge in [0.25, 0.3) is 0 Å². The minimum Gasteiger partial charge on any atom is -0.465 e. The maximum absolute atomic E-state index is 14.3. The molecule has 5 nitrogen and oxygen atoms in total. The summed E-state index contributed by atoms with van der Waals surface area (Å²) in [4.78, 5) is 13.5. The molecular weight excluding hydrogens is 470 g/mol. The fourth-order valence-electron chi connectivity index (χ4n) is 4.50. The zero-order chi connectivity index (χ0) is 25.3. The van der Waals surface area contributed by atoms with E-state index in [2.05, 4.69) is 5.87 Å². The van der Waals surface area contributed by atoms with Gasteiger partial charge in [0.1, 0.15) is 6.10 Å². The van der Waals surface area contributed by atoms with Crippen LogP contribution in [0.25, 0.3) is 22.0 Å². The number of benzene rings is 4. The lowest BCUT2D eigenvalue weighted by atomic mass is 9.98. The molecule has 0 bridgehead atoms. The number of nitrogens with zero attached hydrogens (tertiary/aromatic N) is 1. The number of carbonyl (C=O) groups excluding carboxylic acids is 1. The van der Waals surface area contributed by atoms with Crippen molar-refractivity contribution in [3.8, 4) is 11.1 Å². The first-order chi connectivity index (χ1) is 17.4. The quantitative estimate of drug-likeness (QED) is 0.242. The van der Waals surface area contributed by atoms with Crippen LogP contribution in [0.1, 0.15) is 27.7 Å². The number of hydrogen-bond donors (Lipinski definition) is 1. The Hall–Kier alpha value is -4.13. The topological polar surface area (TPSA) is 68.5 Å². The molecule has 36 heavy (non-hydrogen) atoms. The Morgan fingerprint density at radius 3 is 2.03 bits per heavy atom. The zero-order valence-electron chi connectivity index (χ0n) is 19.7. The predicted octanol–water partition coefficient (Wildman–Crippen LogP) is 5.72. The number of fused-ring (bicyclic) bond motifs is 1. The van der Waals surface area contributed by atoms with Crippen LogP contribution in [0.2, 0.25) is 0 Å². The van der Waals surface area contributed by atoms with E-state index in [9.17, 15) is 14.1 Å². The van der Waals surface area contributed by atoms with E-state index >= 15 is 0 Å². The number of hydrogen-bond acceptors (Lipinski definition) is 4. The molecule has 0 saturated heterocycles. The van der Waals surface area contributed by atoms with Gasteiger partial charge in [0.05, 0.1) is 33.6 Å². The van der Waals surface area contributed by atoms with E-state index in [1.54, 1.807) is 48.5 Å². The minimum absolute atomic E-state index is 0.167. The smallest absolute Gasteiger partial charge is 0.340 e. The van der Waals surface area contributed by atoms with Crippen molar-refractivity contribution < 1.29 is 18.8 Å². The van der Waals surface area contributed by atoms with Crippen molar-refractivity contribution in [2.45, 2.75) is 11.0 Å². The van der Waals surface area contributed by atoms with Crippen LogP contribution in [0.4, 0.5) is 0 Å². The van der Waals surface area contributed by atoms with Crippen molar-refractivity contribution in [3.05, 3.63) is 126 Å². The zero-order valence-corrected chi connectivity index (χ0v) is 20.5. The Kier molecular flexibility index (Phi) is 6.22. The number of para-hydroxylation sites is 1. The van der Waals surface area contributed by atoms with Crippen LogP contribution in [-0.2, 0) is 14.4 Å². The highest BCUT2D eigenvalue weighted by Gasteiger charge is 2.32. The Morgan fingerprint density at radius 1 is 0.833 bits per heavy atom. The Balaban J connectivity index is 1.75. The molecule has 5 rings (SSSR count). The van der Waals surface area contributed by atoms with Crippen molar-refractivity contribution in [2.24, 2.45) is 0 Å². The lowest BCUT2D eigenvalue weighted by Gasteiger charge is -2.21. The van der Waals surface area contributed by atoms with Crippen molar-refractivity contribution in [3.63, 3.8) is 0 Å². The summed E-state index contributed by atoms with van der Waals surface area (Å²) in [7, 11) is -1.88. The van der Waals surface area contributed by atoms with Crippen LogP contribution >= 0.6 is 0 Å². The highest BCUT2D eigenvalue weighted by molar-refractivity contribution is 7.99. The molecule has 0 aliphatic carbocycles. The maximum atomic E-state index is 14.3. The summed E-state index contributed by atoms with van der Waals surface area (Å²) in [6, 6.07) is 33.3. The van der Waals surface area contributed by atoms with Crippen LogP contribution < -0.4 is 0 Å². The van der Waals surface area contributed by atoms with Gasteiger partial charge in [-0.1, -0.05) is 91.0 Å². The summed E-state index contributed by atoms with van der Waals surface area (Å²) in [6.07, 6.45) is -1.26. The summed E-state index contributed by atoms with van der Waals surface area (Å²) in [5.41, 5.74) is 3.46. The molecule has 6 heteroatoms. The van der Waals surface area contributed by atoms with Gasteiger partial charge in [-0.3, -0.25) is 3.97 Å². The van der Waals surface area contributed by atoms with Gasteiger partial charge < -0.3 is 9.84 Å². The SMILES string of the molecule is C=S(=O)(c1ccccc1)n1c(C(O)c2ccc(-c3ccccc3)cc2)c(C(=O)OC)c2ccccc21. The van der Waals surface area contributed by atoms with E-state index < -0.39 is 21.8 Å². The van der Waals surface area contributed by atoms with Gasteiger partial charge in [0, 0.05) is 10.3 Å². The number of methoxy groups -OCH3 is 1. The Bertz CT molecular complexity index is 1640. The van der Waals surface area contributed by atoms with Gasteiger partial charge in [0.15, 0.2) is 0 Å². The standard InChI is InChI=1S/C30H25NO4S/c1-35-30(33)27-25-15-9-10-16-26(25)31(36(2,34)24-13-7-4-8-14-24)28(27)29(32)23-19-17-22(18-20-23)21-11-5-3-6-12-21/h3-20,29,32H,2H2,1H3.